The average Bonchev–Trinajstić information content (AvgIpc) is 3.05. The van der Waals surface area contributed by atoms with Crippen LogP contribution in [-0.2, 0) is 15.8 Å². The molecule has 138 valence electrons. The van der Waals surface area contributed by atoms with Gasteiger partial charge in [-0.05, 0) is 13.3 Å². The van der Waals surface area contributed by atoms with Gasteiger partial charge in [0, 0.05) is 30.2 Å². The molecule has 1 fully saturated rings. The molecular weight excluding hydrogens is 353 g/mol. The highest BCUT2D eigenvalue weighted by Crippen LogP contribution is 2.42. The average molecular weight is 373 g/mol. The number of phosphoric acid groups is 1. The topological polar surface area (TPSA) is 158 Å². The van der Waals surface area contributed by atoms with Crippen molar-refractivity contribution in [3.8, 4) is 0 Å². The van der Waals surface area contributed by atoms with Crippen molar-refractivity contribution in [3.63, 3.8) is 0 Å². The summed E-state index contributed by atoms with van der Waals surface area (Å²) in [6.07, 6.45) is 1.18. The zero-order valence-electron chi connectivity index (χ0n) is 13.4. The molecule has 1 aliphatic rings. The van der Waals surface area contributed by atoms with E-state index in [1.807, 2.05) is 0 Å². The van der Waals surface area contributed by atoms with E-state index in [1.165, 1.54) is 10.9 Å². The summed E-state index contributed by atoms with van der Waals surface area (Å²) in [7, 11) is -4.66. The fourth-order valence-corrected chi connectivity index (χ4v) is 3.72. The van der Waals surface area contributed by atoms with Crippen LogP contribution in [0.5, 0.6) is 0 Å². The fourth-order valence-electron chi connectivity index (χ4n) is 3.44. The maximum atomic E-state index is 11.0. The summed E-state index contributed by atoms with van der Waals surface area (Å²) in [5.41, 5.74) is 2.23. The highest BCUT2D eigenvalue weighted by molar-refractivity contribution is 7.46. The van der Waals surface area contributed by atoms with Crippen molar-refractivity contribution in [2.45, 2.75) is 38.2 Å². The summed E-state index contributed by atoms with van der Waals surface area (Å²) in [6.45, 7) is 1.06. The molecule has 11 heteroatoms. The Labute approximate surface area is 143 Å². The van der Waals surface area contributed by atoms with Crippen molar-refractivity contribution in [1.82, 2.24) is 14.5 Å². The predicted octanol–water partition coefficient (Wildman–Crippen LogP) is -0.376. The second-order valence-corrected chi connectivity index (χ2v) is 7.46. The van der Waals surface area contributed by atoms with Gasteiger partial charge in [-0.1, -0.05) is 0 Å². The van der Waals surface area contributed by atoms with Gasteiger partial charge in [0.15, 0.2) is 0 Å². The number of hydrogen-bond donors (Lipinski definition) is 5. The molecule has 1 saturated carbocycles. The van der Waals surface area contributed by atoms with Crippen LogP contribution in [0.3, 0.4) is 0 Å². The number of aliphatic hydroxyl groups excluding tert-OH is 3. The number of fused-ring (bicyclic) bond motifs is 1. The van der Waals surface area contributed by atoms with Crippen LogP contribution in [0.2, 0.25) is 0 Å². The van der Waals surface area contributed by atoms with Gasteiger partial charge in [0.2, 0.25) is 0 Å². The molecule has 5 N–H and O–H groups in total. The van der Waals surface area contributed by atoms with Crippen molar-refractivity contribution in [2.24, 2.45) is 5.92 Å². The molecule has 0 radical (unpaired) electrons. The Bertz CT molecular complexity index is 820. The molecule has 0 saturated heterocycles. The first kappa shape index (κ1) is 18.4. The lowest BCUT2D eigenvalue weighted by molar-refractivity contribution is 0.00239. The molecule has 0 unspecified atom stereocenters. The van der Waals surface area contributed by atoms with E-state index in [9.17, 15) is 19.9 Å². The lowest BCUT2D eigenvalue weighted by atomic mass is 9.96. The number of phosphoric ester groups is 1. The Morgan fingerprint density at radius 1 is 1.32 bits per heavy atom. The van der Waals surface area contributed by atoms with Gasteiger partial charge >= 0.3 is 7.82 Å². The minimum absolute atomic E-state index is 0.247. The van der Waals surface area contributed by atoms with Crippen molar-refractivity contribution in [1.29, 1.82) is 0 Å². The summed E-state index contributed by atoms with van der Waals surface area (Å²) in [6, 6.07) is 0. The number of aryl methyl sites for hydroxylation is 1. The van der Waals surface area contributed by atoms with E-state index in [1.54, 1.807) is 13.1 Å². The summed E-state index contributed by atoms with van der Waals surface area (Å²) < 4.78 is 17.0. The van der Waals surface area contributed by atoms with Gasteiger partial charge in [0.25, 0.3) is 0 Å². The molecule has 0 amide bonds. The Balaban J connectivity index is 2.05. The van der Waals surface area contributed by atoms with E-state index >= 15 is 0 Å². The normalized spacial score (nSPS) is 27.3. The van der Waals surface area contributed by atoms with Crippen LogP contribution in [0.25, 0.3) is 11.0 Å². The molecule has 2 heterocycles. The van der Waals surface area contributed by atoms with E-state index in [4.69, 9.17) is 9.79 Å². The number of aromatic nitrogens is 3. The zero-order valence-corrected chi connectivity index (χ0v) is 14.3. The number of nitrogens with zero attached hydrogens (tertiary/aromatic N) is 3. The first-order chi connectivity index (χ1) is 11.7. The third-order valence-corrected chi connectivity index (χ3v) is 5.11. The van der Waals surface area contributed by atoms with E-state index in [0.717, 1.165) is 0 Å². The van der Waals surface area contributed by atoms with Crippen LogP contribution in [0.15, 0.2) is 12.5 Å². The van der Waals surface area contributed by atoms with Crippen LogP contribution in [0.1, 0.15) is 23.6 Å². The molecule has 0 spiro atoms. The van der Waals surface area contributed by atoms with Crippen molar-refractivity contribution in [2.75, 3.05) is 6.61 Å². The van der Waals surface area contributed by atoms with Gasteiger partial charge in [0.1, 0.15) is 13.1 Å². The molecule has 25 heavy (non-hydrogen) atoms. The van der Waals surface area contributed by atoms with Crippen LogP contribution >= 0.6 is 7.82 Å². The van der Waals surface area contributed by atoms with Crippen LogP contribution in [0, 0.1) is 12.8 Å². The second-order valence-electron chi connectivity index (χ2n) is 6.23. The Morgan fingerprint density at radius 2 is 2.04 bits per heavy atom. The highest BCUT2D eigenvalue weighted by atomic mass is 31.2. The third-order valence-electron chi connectivity index (χ3n) is 4.66. The fraction of sp³-hybridized carbons (Fsp3) is 0.571. The molecule has 0 bridgehead atoms. The van der Waals surface area contributed by atoms with Crippen LogP contribution < -0.4 is 0 Å². The molecule has 3 rings (SSSR count). The highest BCUT2D eigenvalue weighted by Gasteiger charge is 2.43. The molecule has 2 aromatic heterocycles. The summed E-state index contributed by atoms with van der Waals surface area (Å²) in [4.78, 5) is 26.2. The van der Waals surface area contributed by atoms with Crippen LogP contribution in [-0.4, -0.2) is 58.5 Å². The van der Waals surface area contributed by atoms with Crippen molar-refractivity contribution < 1.29 is 34.2 Å². The lowest BCUT2D eigenvalue weighted by Gasteiger charge is -2.16. The maximum absolute atomic E-state index is 11.0. The van der Waals surface area contributed by atoms with Gasteiger partial charge in [-0.3, -0.25) is 4.52 Å². The Hall–Kier alpha value is -1.39. The second kappa shape index (κ2) is 6.73. The van der Waals surface area contributed by atoms with Crippen LogP contribution in [0.4, 0.5) is 0 Å². The standard InChI is InChI=1S/C14H20N3O7P/c1-7-12-11(16-5-15-7)10(3-17(12)6-24-25(21,22)23)9-2-8(4-18)13(19)14(9)20/h3,5,8-9,13-14,18-20H,2,4,6H2,1H3,(H2,21,22,23)/t8-,9+,13-,14+/m1/s1. The zero-order chi connectivity index (χ0) is 18.4. The molecule has 0 aliphatic heterocycles. The van der Waals surface area contributed by atoms with Gasteiger partial charge in [-0.25, -0.2) is 14.5 Å². The van der Waals surface area contributed by atoms with E-state index in [0.29, 0.717) is 28.7 Å². The minimum atomic E-state index is -4.66. The van der Waals surface area contributed by atoms with Gasteiger partial charge < -0.3 is 29.7 Å². The maximum Gasteiger partial charge on any atom is 0.471 e. The molecule has 4 atom stereocenters. The lowest BCUT2D eigenvalue weighted by Crippen LogP contribution is -2.28. The minimum Gasteiger partial charge on any atom is -0.396 e. The molecule has 2 aromatic rings. The smallest absolute Gasteiger partial charge is 0.396 e. The van der Waals surface area contributed by atoms with Gasteiger partial charge in [0.05, 0.1) is 28.9 Å². The van der Waals surface area contributed by atoms with Gasteiger partial charge in [-0.15, -0.1) is 0 Å². The monoisotopic (exact) mass is 373 g/mol. The van der Waals surface area contributed by atoms with E-state index < -0.39 is 38.6 Å². The number of aliphatic hydroxyl groups is 3. The molecule has 0 aromatic carbocycles. The number of rotatable bonds is 5. The Morgan fingerprint density at radius 3 is 2.64 bits per heavy atom. The Kier molecular flexibility index (Phi) is 4.95. The van der Waals surface area contributed by atoms with Crippen molar-refractivity contribution >= 4 is 18.9 Å². The van der Waals surface area contributed by atoms with Gasteiger partial charge in [-0.2, -0.15) is 0 Å². The largest absolute Gasteiger partial charge is 0.471 e. The molecular formula is C14H20N3O7P. The summed E-state index contributed by atoms with van der Waals surface area (Å²) in [5, 5.41) is 29.7. The van der Waals surface area contributed by atoms with Crippen molar-refractivity contribution in [3.05, 3.63) is 23.8 Å². The first-order valence-corrected chi connectivity index (χ1v) is 9.23. The SMILES string of the molecule is Cc1ncnc2c([C@@H]3C[C@H](CO)[C@@H](O)[C@H]3O)cn(COP(=O)(O)O)c12. The van der Waals surface area contributed by atoms with E-state index in [-0.39, 0.29) is 6.61 Å². The van der Waals surface area contributed by atoms with E-state index in [2.05, 4.69) is 14.5 Å². The predicted molar refractivity (Wildman–Crippen MR) is 85.3 cm³/mol. The summed E-state index contributed by atoms with van der Waals surface area (Å²) >= 11 is 0. The summed E-state index contributed by atoms with van der Waals surface area (Å²) in [5.74, 6) is -0.923. The first-order valence-electron chi connectivity index (χ1n) is 7.70. The number of hydrogen-bond acceptors (Lipinski definition) is 7. The molecule has 10 nitrogen and oxygen atoms in total. The quantitative estimate of drug-likeness (QED) is 0.441. The third kappa shape index (κ3) is 3.47. The molecule has 1 aliphatic carbocycles.